The first-order valence-electron chi connectivity index (χ1n) is 16.8. The molecule has 298 valence electrons. The third-order valence-corrected chi connectivity index (χ3v) is 10.3. The predicted octanol–water partition coefficient (Wildman–Crippen LogP) is -2.34. The van der Waals surface area contributed by atoms with Crippen molar-refractivity contribution in [3.63, 3.8) is 0 Å². The van der Waals surface area contributed by atoms with Crippen molar-refractivity contribution in [2.24, 2.45) is 0 Å². The zero-order valence-corrected chi connectivity index (χ0v) is 29.9. The smallest absolute Gasteiger partial charge is 0.473 e. The first-order valence-corrected chi connectivity index (χ1v) is 18.3. The number of carboxylic acids is 2. The number of hydrogen-bond donors (Lipinski definition) is 11. The number of phosphoric acid groups is 1. The van der Waals surface area contributed by atoms with Crippen LogP contribution in [-0.2, 0) is 39.1 Å². The lowest BCUT2D eigenvalue weighted by Gasteiger charge is -2.30. The molecule has 0 radical (unpaired) electrons. The Kier molecular flexibility index (Phi) is 12.8. The van der Waals surface area contributed by atoms with Gasteiger partial charge in [0.05, 0.1) is 25.4 Å². The van der Waals surface area contributed by atoms with E-state index in [0.717, 1.165) is 5.69 Å². The number of fused-ring (bicyclic) bond motifs is 3. The summed E-state index contributed by atoms with van der Waals surface area (Å²) in [6.07, 6.45) is -13.1. The molecule has 1 unspecified atom stereocenters. The highest BCUT2D eigenvalue weighted by atomic mass is 31.2. The second kappa shape index (κ2) is 16.8. The van der Waals surface area contributed by atoms with Crippen LogP contribution in [0, 0.1) is 0 Å². The van der Waals surface area contributed by atoms with E-state index < -0.39 is 94.8 Å². The predicted molar refractivity (Wildman–Crippen MR) is 184 cm³/mol. The largest absolute Gasteiger partial charge is 0.481 e. The molecule has 12 atom stereocenters. The van der Waals surface area contributed by atoms with Crippen molar-refractivity contribution >= 4 is 49.2 Å². The number of nitrogens with one attached hydrogen (secondary N) is 2. The summed E-state index contributed by atoms with van der Waals surface area (Å²) in [6.45, 7) is 2.41. The average Bonchev–Trinajstić information content (AvgIpc) is 3.58. The van der Waals surface area contributed by atoms with Crippen LogP contribution < -0.4 is 21.5 Å². The van der Waals surface area contributed by atoms with Crippen LogP contribution in [0.4, 0.5) is 23.1 Å². The number of aromatic amines is 1. The topological polar surface area (TPSA) is 340 Å². The van der Waals surface area contributed by atoms with Gasteiger partial charge in [-0.1, -0.05) is 12.1 Å². The third kappa shape index (κ3) is 9.24. The van der Waals surface area contributed by atoms with Crippen molar-refractivity contribution in [2.75, 3.05) is 29.2 Å². The summed E-state index contributed by atoms with van der Waals surface area (Å²) in [5.41, 5.74) is 7.10. The summed E-state index contributed by atoms with van der Waals surface area (Å²) in [5.74, 6) is -2.70. The van der Waals surface area contributed by atoms with E-state index >= 15 is 0 Å². The zero-order chi connectivity index (χ0) is 39.6. The number of aliphatic hydroxyl groups is 5. The van der Waals surface area contributed by atoms with Crippen LogP contribution in [0.15, 0.2) is 29.1 Å². The fraction of sp³-hybridized carbons (Fsp3) is 0.581. The number of phosphoric ester groups is 1. The highest BCUT2D eigenvalue weighted by Gasteiger charge is 2.49. The van der Waals surface area contributed by atoms with E-state index in [1.165, 1.54) is 0 Å². The summed E-state index contributed by atoms with van der Waals surface area (Å²) >= 11 is 0. The lowest BCUT2D eigenvalue weighted by molar-refractivity contribution is -0.479. The molecular weight excluding hydrogens is 743 g/mol. The average molecular weight is 788 g/mol. The number of anilines is 3. The van der Waals surface area contributed by atoms with Crippen LogP contribution in [0.5, 0.6) is 0 Å². The van der Waals surface area contributed by atoms with Crippen molar-refractivity contribution in [1.82, 2.24) is 9.97 Å². The number of nitrogens with two attached hydrogens (primary N) is 1. The minimum atomic E-state index is -5.11. The Hall–Kier alpha value is -4.06. The number of benzene rings is 1. The number of nitrogen functional groups attached to an aromatic ring is 1. The van der Waals surface area contributed by atoms with Crippen LogP contribution in [0.25, 0.3) is 0 Å². The van der Waals surface area contributed by atoms with E-state index in [4.69, 9.17) is 25.4 Å². The van der Waals surface area contributed by atoms with Crippen molar-refractivity contribution in [3.8, 4) is 0 Å². The molecular formula is C31H44N6O16P+. The maximum absolute atomic E-state index is 12.8. The third-order valence-electron chi connectivity index (χ3n) is 9.33. The molecule has 3 aliphatic heterocycles. The monoisotopic (exact) mass is 787 g/mol. The molecule has 3 aliphatic rings. The molecule has 1 fully saturated rings. The molecule has 0 aliphatic carbocycles. The number of H-pyrrole nitrogens is 1. The quantitative estimate of drug-likeness (QED) is 0.0591. The van der Waals surface area contributed by atoms with Crippen LogP contribution >= 0.6 is 7.82 Å². The highest BCUT2D eigenvalue weighted by molar-refractivity contribution is 7.47. The van der Waals surface area contributed by atoms with Gasteiger partial charge in [0.15, 0.2) is 24.3 Å². The fourth-order valence-electron chi connectivity index (χ4n) is 6.55. The van der Waals surface area contributed by atoms with Gasteiger partial charge in [-0.3, -0.25) is 23.6 Å². The van der Waals surface area contributed by atoms with Gasteiger partial charge in [0.1, 0.15) is 42.2 Å². The minimum absolute atomic E-state index is 0.00160. The summed E-state index contributed by atoms with van der Waals surface area (Å²) in [5, 5.41) is 73.6. The Morgan fingerprint density at radius 3 is 2.44 bits per heavy atom. The first-order chi connectivity index (χ1) is 25.4. The Bertz CT molecular complexity index is 1810. The molecule has 22 nitrogen and oxygen atoms in total. The summed E-state index contributed by atoms with van der Waals surface area (Å²) in [7, 11) is -5.11. The van der Waals surface area contributed by atoms with Crippen molar-refractivity contribution < 1.29 is 77.9 Å². The van der Waals surface area contributed by atoms with Crippen LogP contribution in [0.1, 0.15) is 32.3 Å². The van der Waals surface area contributed by atoms with Gasteiger partial charge in [-0.2, -0.15) is 4.98 Å². The van der Waals surface area contributed by atoms with Crippen molar-refractivity contribution in [2.45, 2.75) is 100 Å². The second-order valence-electron chi connectivity index (χ2n) is 13.2. The molecule has 0 amide bonds. The van der Waals surface area contributed by atoms with Gasteiger partial charge in [0.2, 0.25) is 18.0 Å². The Balaban J connectivity index is 1.11. The number of aromatic nitrogens is 2. The number of rotatable bonds is 17. The molecule has 2 aromatic rings. The van der Waals surface area contributed by atoms with Gasteiger partial charge in [-0.15, -0.1) is 0 Å². The van der Waals surface area contributed by atoms with Gasteiger partial charge < -0.3 is 61.2 Å². The van der Waals surface area contributed by atoms with Gasteiger partial charge in [-0.05, 0) is 38.0 Å². The second-order valence-corrected chi connectivity index (χ2v) is 14.6. The molecule has 0 saturated carbocycles. The molecule has 5 rings (SSSR count). The van der Waals surface area contributed by atoms with Crippen LogP contribution in [-0.4, -0.2) is 154 Å². The number of carboxylic acid groups (broad SMARTS) is 2. The summed E-state index contributed by atoms with van der Waals surface area (Å²) in [4.78, 5) is 53.4. The van der Waals surface area contributed by atoms with E-state index in [1.54, 1.807) is 24.3 Å². The Morgan fingerprint density at radius 2 is 1.80 bits per heavy atom. The van der Waals surface area contributed by atoms with Gasteiger partial charge in [0.25, 0.3) is 0 Å². The lowest BCUT2D eigenvalue weighted by Crippen LogP contribution is -2.49. The molecule has 1 saturated heterocycles. The van der Waals surface area contributed by atoms with E-state index in [0.29, 0.717) is 17.1 Å². The summed E-state index contributed by atoms with van der Waals surface area (Å²) < 4.78 is 33.9. The lowest BCUT2D eigenvalue weighted by atomic mass is 9.98. The van der Waals surface area contributed by atoms with E-state index in [1.807, 2.05) is 29.7 Å². The first kappa shape index (κ1) is 41.1. The molecule has 1 aromatic carbocycles. The number of hydrogen-bond acceptors (Lipinski definition) is 17. The van der Waals surface area contributed by atoms with Crippen LogP contribution in [0.2, 0.25) is 0 Å². The maximum atomic E-state index is 12.8. The van der Waals surface area contributed by atoms with Crippen molar-refractivity contribution in [1.29, 1.82) is 0 Å². The summed E-state index contributed by atoms with van der Waals surface area (Å²) in [6, 6.07) is 6.81. The van der Waals surface area contributed by atoms with E-state index in [-0.39, 0.29) is 36.1 Å². The molecule has 0 spiro atoms. The molecule has 1 aromatic heterocycles. The Morgan fingerprint density at radius 1 is 1.11 bits per heavy atom. The van der Waals surface area contributed by atoms with Crippen molar-refractivity contribution in [3.05, 3.63) is 40.2 Å². The number of carbonyl (C=O) groups is 2. The molecule has 4 heterocycles. The minimum Gasteiger partial charge on any atom is -0.481 e. The number of nitrogens with zero attached hydrogens (tertiary/aromatic N) is 3. The Labute approximate surface area is 306 Å². The number of ether oxygens (including phenoxy) is 2. The fourth-order valence-corrected chi connectivity index (χ4v) is 7.46. The van der Waals surface area contributed by atoms with Crippen LogP contribution in [0.3, 0.4) is 0 Å². The number of aliphatic carboxylic acids is 2. The number of aliphatic hydroxyl groups excluding tert-OH is 5. The molecule has 54 heavy (non-hydrogen) atoms. The van der Waals surface area contributed by atoms with Gasteiger partial charge in [0, 0.05) is 12.8 Å². The highest BCUT2D eigenvalue weighted by Crippen LogP contribution is 2.46. The standard InChI is InChI=1S/C31H43N6O16P/c1-13-22-14(2)36(12-37(22)23-27(33-13)34-31(32)35-28(23)45)16-5-3-15(4-6-16)9-17(38)24(42)18(39)10-50-30-26(44)25(43)20(52-30)11-51-54(48,49)53-19(29(46)47)7-8-21(40)41/h3-6,12-14,17-20,22,24-26,30,38-39,42-44H,7-11H2,1-2H3,(H6-,32,33,34,35,40,41,45,46,47,48,49)/p+1/t13-,14+,17-,18+,19-,20+,22+,24-,25+,26+,30-/m0/s1. The molecule has 23 heteroatoms. The molecule has 12 N–H and O–H groups in total. The van der Waals surface area contributed by atoms with Gasteiger partial charge >= 0.3 is 25.3 Å². The maximum Gasteiger partial charge on any atom is 0.473 e. The van der Waals surface area contributed by atoms with Gasteiger partial charge in [-0.25, -0.2) is 18.8 Å². The zero-order valence-electron chi connectivity index (χ0n) is 29.0. The normalized spacial score (nSPS) is 28.2. The SMILES string of the molecule is C[C@@H]1Nc2nc(N)[nH]c(=O)c2[N+]2=CN(c3ccc(C[C@H](O)[C@H](O)[C@H](O)CO[C@H]4O[C@H](COP(=O)(O)O[C@@H](CCC(=O)O)C(=O)O)[C@@H](O)[C@H]4O)cc3)[C@H](C)[C@@H]12. The van der Waals surface area contributed by atoms with E-state index in [9.17, 15) is 49.4 Å². The van der Waals surface area contributed by atoms with E-state index in [2.05, 4.69) is 24.3 Å². The molecule has 0 bridgehead atoms.